The van der Waals surface area contributed by atoms with E-state index in [-0.39, 0.29) is 6.61 Å². The van der Waals surface area contributed by atoms with E-state index >= 15 is 0 Å². The Bertz CT molecular complexity index is 1040. The number of aromatic nitrogens is 4. The Morgan fingerprint density at radius 1 is 1.06 bits per heavy atom. The molecule has 0 amide bonds. The van der Waals surface area contributed by atoms with Gasteiger partial charge in [0, 0.05) is 44.5 Å². The van der Waals surface area contributed by atoms with E-state index in [0.29, 0.717) is 30.8 Å². The molecule has 3 N–H and O–H groups in total. The number of benzene rings is 1. The molecule has 1 aliphatic carbocycles. The van der Waals surface area contributed by atoms with E-state index in [1.165, 1.54) is 18.4 Å². The second-order valence-corrected chi connectivity index (χ2v) is 8.87. The minimum atomic E-state index is 0.136. The topological polar surface area (TPSA) is 100 Å². The van der Waals surface area contributed by atoms with Crippen molar-refractivity contribution in [2.45, 2.75) is 44.7 Å². The zero-order valence-electron chi connectivity index (χ0n) is 19.0. The smallest absolute Gasteiger partial charge is 0.226 e. The summed E-state index contributed by atoms with van der Waals surface area (Å²) in [5.41, 5.74) is 3.89. The molecule has 0 spiro atoms. The van der Waals surface area contributed by atoms with Gasteiger partial charge < -0.3 is 25.0 Å². The van der Waals surface area contributed by atoms with E-state index < -0.39 is 0 Å². The fourth-order valence-corrected chi connectivity index (χ4v) is 4.66. The molecule has 33 heavy (non-hydrogen) atoms. The SMILES string of the molecule is OCCCNc1nc(Nc2ccc(CN3CCOCC3)cc2)c2ncn(C3CCCC3)c2n1. The molecule has 1 aromatic carbocycles. The molecule has 5 rings (SSSR count). The Hall–Kier alpha value is -2.75. The van der Waals surface area contributed by atoms with Crippen LogP contribution in [0.25, 0.3) is 11.2 Å². The molecule has 3 heterocycles. The van der Waals surface area contributed by atoms with Gasteiger partial charge in [-0.3, -0.25) is 4.90 Å². The average molecular weight is 452 g/mol. The first kappa shape index (κ1) is 22.1. The van der Waals surface area contributed by atoms with Gasteiger partial charge in [-0.15, -0.1) is 0 Å². The number of nitrogens with one attached hydrogen (secondary N) is 2. The van der Waals surface area contributed by atoms with Crippen molar-refractivity contribution in [1.29, 1.82) is 0 Å². The number of fused-ring (bicyclic) bond motifs is 1. The summed E-state index contributed by atoms with van der Waals surface area (Å²) in [6.07, 6.45) is 7.38. The summed E-state index contributed by atoms with van der Waals surface area (Å²) in [5.74, 6) is 1.26. The van der Waals surface area contributed by atoms with Crippen molar-refractivity contribution < 1.29 is 9.84 Å². The van der Waals surface area contributed by atoms with Crippen LogP contribution in [0.1, 0.15) is 43.7 Å². The van der Waals surface area contributed by atoms with E-state index in [9.17, 15) is 0 Å². The Kier molecular flexibility index (Phi) is 6.99. The zero-order chi connectivity index (χ0) is 22.5. The number of aliphatic hydroxyl groups excluding tert-OH is 1. The van der Waals surface area contributed by atoms with Crippen LogP contribution in [0.2, 0.25) is 0 Å². The molecule has 9 heteroatoms. The lowest BCUT2D eigenvalue weighted by Crippen LogP contribution is -2.35. The summed E-state index contributed by atoms with van der Waals surface area (Å²) in [6, 6.07) is 8.96. The molecule has 3 aromatic rings. The maximum absolute atomic E-state index is 9.13. The van der Waals surface area contributed by atoms with Gasteiger partial charge in [-0.2, -0.15) is 9.97 Å². The van der Waals surface area contributed by atoms with Gasteiger partial charge in [0.2, 0.25) is 5.95 Å². The Morgan fingerprint density at radius 2 is 1.85 bits per heavy atom. The van der Waals surface area contributed by atoms with Crippen molar-refractivity contribution in [1.82, 2.24) is 24.4 Å². The number of ether oxygens (including phenoxy) is 1. The highest BCUT2D eigenvalue weighted by Gasteiger charge is 2.22. The van der Waals surface area contributed by atoms with Gasteiger partial charge in [0.25, 0.3) is 0 Å². The Balaban J connectivity index is 1.37. The van der Waals surface area contributed by atoms with Crippen LogP contribution in [0, 0.1) is 0 Å². The van der Waals surface area contributed by atoms with Gasteiger partial charge in [0.05, 0.1) is 19.5 Å². The quantitative estimate of drug-likeness (QED) is 0.426. The van der Waals surface area contributed by atoms with Crippen LogP contribution in [-0.2, 0) is 11.3 Å². The normalized spacial score (nSPS) is 17.6. The first-order chi connectivity index (χ1) is 16.3. The van der Waals surface area contributed by atoms with E-state index in [1.54, 1.807) is 0 Å². The second kappa shape index (κ2) is 10.5. The maximum Gasteiger partial charge on any atom is 0.226 e. The number of nitrogens with zero attached hydrogens (tertiary/aromatic N) is 5. The molecule has 1 saturated heterocycles. The number of imidazole rings is 1. The Morgan fingerprint density at radius 3 is 2.61 bits per heavy atom. The van der Waals surface area contributed by atoms with Crippen LogP contribution in [0.3, 0.4) is 0 Å². The fraction of sp³-hybridized carbons (Fsp3) is 0.542. The third-order valence-electron chi connectivity index (χ3n) is 6.48. The van der Waals surface area contributed by atoms with Crippen LogP contribution in [0.5, 0.6) is 0 Å². The lowest BCUT2D eigenvalue weighted by Gasteiger charge is -2.26. The highest BCUT2D eigenvalue weighted by Crippen LogP contribution is 2.33. The standard InChI is InChI=1S/C24H33N7O2/c32-13-3-10-25-24-28-22(21-23(29-24)31(17-26-21)20-4-1-2-5-20)27-19-8-6-18(7-9-19)16-30-11-14-33-15-12-30/h6-9,17,20,32H,1-5,10-16H2,(H2,25,27,28,29). The monoisotopic (exact) mass is 451 g/mol. The fourth-order valence-electron chi connectivity index (χ4n) is 4.66. The summed E-state index contributed by atoms with van der Waals surface area (Å²) < 4.78 is 7.65. The summed E-state index contributed by atoms with van der Waals surface area (Å²) >= 11 is 0. The molecule has 9 nitrogen and oxygen atoms in total. The minimum absolute atomic E-state index is 0.136. The van der Waals surface area contributed by atoms with Crippen molar-refractivity contribution in [3.63, 3.8) is 0 Å². The summed E-state index contributed by atoms with van der Waals surface area (Å²) in [7, 11) is 0. The highest BCUT2D eigenvalue weighted by atomic mass is 16.5. The molecular weight excluding hydrogens is 418 g/mol. The molecule has 1 saturated carbocycles. The van der Waals surface area contributed by atoms with Crippen LogP contribution in [0.4, 0.5) is 17.5 Å². The molecule has 2 aromatic heterocycles. The number of anilines is 3. The maximum atomic E-state index is 9.13. The van der Waals surface area contributed by atoms with Crippen molar-refractivity contribution in [2.24, 2.45) is 0 Å². The largest absolute Gasteiger partial charge is 0.396 e. The predicted molar refractivity (Wildman–Crippen MR) is 129 cm³/mol. The second-order valence-electron chi connectivity index (χ2n) is 8.87. The molecule has 2 fully saturated rings. The van der Waals surface area contributed by atoms with Crippen LogP contribution >= 0.6 is 0 Å². The minimum Gasteiger partial charge on any atom is -0.396 e. The summed E-state index contributed by atoms with van der Waals surface area (Å²) in [4.78, 5) is 16.6. The number of hydrogen-bond donors (Lipinski definition) is 3. The van der Waals surface area contributed by atoms with Gasteiger partial charge in [0.15, 0.2) is 17.0 Å². The number of rotatable bonds is 9. The van der Waals surface area contributed by atoms with Crippen molar-refractivity contribution in [2.75, 3.05) is 50.1 Å². The van der Waals surface area contributed by atoms with Crippen molar-refractivity contribution >= 4 is 28.6 Å². The van der Waals surface area contributed by atoms with E-state index in [2.05, 4.69) is 49.4 Å². The predicted octanol–water partition coefficient (Wildman–Crippen LogP) is 3.31. The first-order valence-corrected chi connectivity index (χ1v) is 12.1. The Labute approximate surface area is 194 Å². The van der Waals surface area contributed by atoms with Gasteiger partial charge in [-0.25, -0.2) is 4.98 Å². The number of aliphatic hydroxyl groups is 1. The zero-order valence-corrected chi connectivity index (χ0v) is 19.0. The van der Waals surface area contributed by atoms with Gasteiger partial charge in [0.1, 0.15) is 0 Å². The summed E-state index contributed by atoms with van der Waals surface area (Å²) in [6.45, 7) is 5.28. The molecular formula is C24H33N7O2. The number of morpholine rings is 1. The lowest BCUT2D eigenvalue weighted by molar-refractivity contribution is 0.0342. The first-order valence-electron chi connectivity index (χ1n) is 12.1. The molecule has 0 bridgehead atoms. The van der Waals surface area contributed by atoms with Crippen molar-refractivity contribution in [3.05, 3.63) is 36.2 Å². The van der Waals surface area contributed by atoms with Crippen LogP contribution in [0.15, 0.2) is 30.6 Å². The summed E-state index contributed by atoms with van der Waals surface area (Å²) in [5, 5.41) is 15.8. The third kappa shape index (κ3) is 5.26. The molecule has 176 valence electrons. The third-order valence-corrected chi connectivity index (χ3v) is 6.48. The molecule has 0 radical (unpaired) electrons. The number of hydrogen-bond acceptors (Lipinski definition) is 8. The molecule has 0 atom stereocenters. The van der Waals surface area contributed by atoms with Crippen molar-refractivity contribution in [3.8, 4) is 0 Å². The average Bonchev–Trinajstić information content (AvgIpc) is 3.51. The van der Waals surface area contributed by atoms with E-state index in [4.69, 9.17) is 19.8 Å². The van der Waals surface area contributed by atoms with E-state index in [0.717, 1.165) is 62.5 Å². The van der Waals surface area contributed by atoms with Crippen LogP contribution < -0.4 is 10.6 Å². The molecule has 0 unspecified atom stereocenters. The van der Waals surface area contributed by atoms with Gasteiger partial charge >= 0.3 is 0 Å². The molecule has 2 aliphatic rings. The lowest BCUT2D eigenvalue weighted by atomic mass is 10.2. The van der Waals surface area contributed by atoms with Gasteiger partial charge in [-0.1, -0.05) is 25.0 Å². The molecule has 1 aliphatic heterocycles. The van der Waals surface area contributed by atoms with Gasteiger partial charge in [-0.05, 0) is 37.0 Å². The van der Waals surface area contributed by atoms with E-state index in [1.807, 2.05) is 6.33 Å². The van der Waals surface area contributed by atoms with Crippen LogP contribution in [-0.4, -0.2) is 69.0 Å². The highest BCUT2D eigenvalue weighted by molar-refractivity contribution is 5.86.